The summed E-state index contributed by atoms with van der Waals surface area (Å²) in [5.74, 6) is -0.358. The fraction of sp³-hybridized carbons (Fsp3) is 0.174. The third kappa shape index (κ3) is 4.84. The van der Waals surface area contributed by atoms with Gasteiger partial charge < -0.3 is 5.32 Å². The van der Waals surface area contributed by atoms with E-state index in [1.54, 1.807) is 37.3 Å². The fourth-order valence-corrected chi connectivity index (χ4v) is 4.29. The zero-order valence-corrected chi connectivity index (χ0v) is 17.5. The van der Waals surface area contributed by atoms with Crippen molar-refractivity contribution < 1.29 is 13.2 Å². The highest BCUT2D eigenvalue weighted by molar-refractivity contribution is 7.92. The number of aryl methyl sites for hydroxylation is 3. The van der Waals surface area contributed by atoms with Crippen LogP contribution in [0.5, 0.6) is 0 Å². The van der Waals surface area contributed by atoms with Gasteiger partial charge in [0.1, 0.15) is 0 Å². The van der Waals surface area contributed by atoms with Gasteiger partial charge in [0.25, 0.3) is 15.9 Å². The van der Waals surface area contributed by atoms with E-state index in [0.29, 0.717) is 16.9 Å². The number of hydrogen-bond acceptors (Lipinski definition) is 3. The standard InChI is InChI=1S/C23H24N2O3S/c1-4-18-10-13-20(14-11-18)25-29(27,28)22-15-19(12-9-17(22)3)23(26)24-21-8-6-5-7-16(21)2/h5-15,25H,4H2,1-3H3,(H,24,26). The summed E-state index contributed by atoms with van der Waals surface area (Å²) >= 11 is 0. The van der Waals surface area contributed by atoms with Crippen LogP contribution in [-0.2, 0) is 16.4 Å². The maximum atomic E-state index is 12.9. The van der Waals surface area contributed by atoms with Crippen LogP contribution in [0.1, 0.15) is 34.0 Å². The van der Waals surface area contributed by atoms with Gasteiger partial charge >= 0.3 is 0 Å². The first-order valence-electron chi connectivity index (χ1n) is 9.39. The van der Waals surface area contributed by atoms with Gasteiger partial charge in [0.15, 0.2) is 0 Å². The number of para-hydroxylation sites is 1. The molecule has 0 saturated heterocycles. The molecule has 0 unspecified atom stereocenters. The number of carbonyl (C=O) groups excluding carboxylic acids is 1. The van der Waals surface area contributed by atoms with Gasteiger partial charge in [-0.15, -0.1) is 0 Å². The van der Waals surface area contributed by atoms with Crippen LogP contribution in [0.4, 0.5) is 11.4 Å². The van der Waals surface area contributed by atoms with E-state index in [-0.39, 0.29) is 16.4 Å². The zero-order chi connectivity index (χ0) is 21.0. The largest absolute Gasteiger partial charge is 0.322 e. The highest BCUT2D eigenvalue weighted by Gasteiger charge is 2.19. The smallest absolute Gasteiger partial charge is 0.262 e. The summed E-state index contributed by atoms with van der Waals surface area (Å²) in [7, 11) is -3.83. The first-order chi connectivity index (χ1) is 13.8. The molecule has 0 aliphatic carbocycles. The number of amides is 1. The molecule has 2 N–H and O–H groups in total. The average Bonchev–Trinajstić information content (AvgIpc) is 2.70. The average molecular weight is 409 g/mol. The summed E-state index contributed by atoms with van der Waals surface area (Å²) in [6.07, 6.45) is 0.879. The van der Waals surface area contributed by atoms with Crippen molar-refractivity contribution in [3.05, 3.63) is 89.0 Å². The SMILES string of the molecule is CCc1ccc(NS(=O)(=O)c2cc(C(=O)Nc3ccccc3C)ccc2C)cc1. The highest BCUT2D eigenvalue weighted by atomic mass is 32.2. The van der Waals surface area contributed by atoms with E-state index in [2.05, 4.69) is 10.0 Å². The van der Waals surface area contributed by atoms with Crippen molar-refractivity contribution in [2.75, 3.05) is 10.0 Å². The number of sulfonamides is 1. The van der Waals surface area contributed by atoms with Crippen LogP contribution in [0.25, 0.3) is 0 Å². The fourth-order valence-electron chi connectivity index (χ4n) is 2.96. The second-order valence-electron chi connectivity index (χ2n) is 6.91. The van der Waals surface area contributed by atoms with E-state index in [4.69, 9.17) is 0 Å². The first kappa shape index (κ1) is 20.6. The number of benzene rings is 3. The molecule has 29 heavy (non-hydrogen) atoms. The maximum absolute atomic E-state index is 12.9. The summed E-state index contributed by atoms with van der Waals surface area (Å²) in [4.78, 5) is 12.7. The Labute approximate surface area is 171 Å². The summed E-state index contributed by atoms with van der Waals surface area (Å²) in [6.45, 7) is 5.64. The van der Waals surface area contributed by atoms with Crippen LogP contribution < -0.4 is 10.0 Å². The minimum absolute atomic E-state index is 0.0782. The minimum atomic E-state index is -3.83. The summed E-state index contributed by atoms with van der Waals surface area (Å²) in [5.41, 5.74) is 4.07. The monoisotopic (exact) mass is 408 g/mol. The molecule has 0 atom stereocenters. The zero-order valence-electron chi connectivity index (χ0n) is 16.7. The molecule has 0 bridgehead atoms. The quantitative estimate of drug-likeness (QED) is 0.608. The molecule has 0 aliphatic rings. The van der Waals surface area contributed by atoms with Crippen molar-refractivity contribution in [2.45, 2.75) is 32.1 Å². The second-order valence-corrected chi connectivity index (χ2v) is 8.56. The minimum Gasteiger partial charge on any atom is -0.322 e. The van der Waals surface area contributed by atoms with E-state index in [1.165, 1.54) is 6.07 Å². The van der Waals surface area contributed by atoms with E-state index >= 15 is 0 Å². The molecule has 3 aromatic carbocycles. The topological polar surface area (TPSA) is 75.3 Å². The molecular formula is C23H24N2O3S. The molecule has 3 rings (SSSR count). The Kier molecular flexibility index (Phi) is 6.03. The van der Waals surface area contributed by atoms with E-state index < -0.39 is 10.0 Å². The van der Waals surface area contributed by atoms with Crippen molar-refractivity contribution in [3.63, 3.8) is 0 Å². The maximum Gasteiger partial charge on any atom is 0.262 e. The Morgan fingerprint density at radius 3 is 2.24 bits per heavy atom. The van der Waals surface area contributed by atoms with Crippen LogP contribution in [0.2, 0.25) is 0 Å². The molecule has 1 amide bonds. The molecule has 0 aromatic heterocycles. The molecule has 0 radical (unpaired) electrons. The van der Waals surface area contributed by atoms with Crippen molar-refractivity contribution in [1.29, 1.82) is 0 Å². The van der Waals surface area contributed by atoms with Crippen LogP contribution in [0.3, 0.4) is 0 Å². The number of nitrogens with one attached hydrogen (secondary N) is 2. The molecule has 3 aromatic rings. The van der Waals surface area contributed by atoms with E-state index in [9.17, 15) is 13.2 Å². The normalized spacial score (nSPS) is 11.1. The lowest BCUT2D eigenvalue weighted by molar-refractivity contribution is 0.102. The predicted octanol–water partition coefficient (Wildman–Crippen LogP) is 4.92. The second kappa shape index (κ2) is 8.49. The number of rotatable bonds is 6. The molecular weight excluding hydrogens is 384 g/mol. The van der Waals surface area contributed by atoms with Gasteiger partial charge in [0.2, 0.25) is 0 Å². The summed E-state index contributed by atoms with van der Waals surface area (Å²) in [6, 6.07) is 19.3. The lowest BCUT2D eigenvalue weighted by Gasteiger charge is -2.13. The molecule has 0 saturated carbocycles. The number of anilines is 2. The van der Waals surface area contributed by atoms with Gasteiger partial charge in [-0.1, -0.05) is 43.3 Å². The predicted molar refractivity (Wildman–Crippen MR) is 117 cm³/mol. The van der Waals surface area contributed by atoms with Gasteiger partial charge in [0, 0.05) is 16.9 Å². The summed E-state index contributed by atoms with van der Waals surface area (Å²) < 4.78 is 28.4. The summed E-state index contributed by atoms with van der Waals surface area (Å²) in [5, 5.41) is 2.83. The van der Waals surface area contributed by atoms with Crippen LogP contribution in [0, 0.1) is 13.8 Å². The van der Waals surface area contributed by atoms with E-state index in [1.807, 2.05) is 44.2 Å². The first-order valence-corrected chi connectivity index (χ1v) is 10.9. The van der Waals surface area contributed by atoms with Crippen LogP contribution in [0.15, 0.2) is 71.6 Å². The van der Waals surface area contributed by atoms with E-state index in [0.717, 1.165) is 17.5 Å². The highest BCUT2D eigenvalue weighted by Crippen LogP contribution is 2.22. The molecule has 6 heteroatoms. The Morgan fingerprint density at radius 2 is 1.59 bits per heavy atom. The lowest BCUT2D eigenvalue weighted by atomic mass is 10.1. The third-order valence-corrected chi connectivity index (χ3v) is 6.27. The Bertz CT molecular complexity index is 1140. The molecule has 0 fully saturated rings. The van der Waals surface area contributed by atoms with Gasteiger partial charge in [-0.05, 0) is 67.3 Å². The lowest BCUT2D eigenvalue weighted by Crippen LogP contribution is -2.17. The van der Waals surface area contributed by atoms with Gasteiger partial charge in [0.05, 0.1) is 4.90 Å². The van der Waals surface area contributed by atoms with Gasteiger partial charge in [-0.3, -0.25) is 9.52 Å². The molecule has 5 nitrogen and oxygen atoms in total. The van der Waals surface area contributed by atoms with Crippen molar-refractivity contribution >= 4 is 27.3 Å². The van der Waals surface area contributed by atoms with Crippen LogP contribution in [-0.4, -0.2) is 14.3 Å². The van der Waals surface area contributed by atoms with Crippen LogP contribution >= 0.6 is 0 Å². The Balaban J connectivity index is 1.87. The van der Waals surface area contributed by atoms with Gasteiger partial charge in [-0.25, -0.2) is 8.42 Å². The number of hydrogen-bond donors (Lipinski definition) is 2. The third-order valence-electron chi connectivity index (χ3n) is 4.75. The molecule has 150 valence electrons. The van der Waals surface area contributed by atoms with Gasteiger partial charge in [-0.2, -0.15) is 0 Å². The van der Waals surface area contributed by atoms with Crippen molar-refractivity contribution in [1.82, 2.24) is 0 Å². The molecule has 0 spiro atoms. The van der Waals surface area contributed by atoms with Crippen molar-refractivity contribution in [3.8, 4) is 0 Å². The Morgan fingerprint density at radius 1 is 0.897 bits per heavy atom. The number of carbonyl (C=O) groups is 1. The van der Waals surface area contributed by atoms with Crippen molar-refractivity contribution in [2.24, 2.45) is 0 Å². The molecule has 0 heterocycles. The Hall–Kier alpha value is -3.12. The molecule has 0 aliphatic heterocycles.